The smallest absolute Gasteiger partial charge is 0.324 e. The molecule has 1 fully saturated rings. The number of halogens is 2. The maximum atomic E-state index is 13.9. The van der Waals surface area contributed by atoms with Crippen molar-refractivity contribution in [2.75, 3.05) is 25.0 Å². The molecule has 1 aliphatic heterocycles. The van der Waals surface area contributed by atoms with E-state index in [4.69, 9.17) is 0 Å². The molecule has 20 heavy (non-hydrogen) atoms. The Hall–Kier alpha value is -1.14. The van der Waals surface area contributed by atoms with E-state index in [1.165, 1.54) is 11.0 Å². The monoisotopic (exact) mass is 344 g/mol. The summed E-state index contributed by atoms with van der Waals surface area (Å²) < 4.78 is 14.5. The van der Waals surface area contributed by atoms with Crippen molar-refractivity contribution in [3.63, 3.8) is 0 Å². The van der Waals surface area contributed by atoms with Gasteiger partial charge in [-0.05, 0) is 31.5 Å². The minimum atomic E-state index is -0.443. The molecule has 0 saturated carbocycles. The summed E-state index contributed by atoms with van der Waals surface area (Å²) >= 11 is 3.19. The second-order valence-corrected chi connectivity index (χ2v) is 6.09. The topological polar surface area (TPSA) is 43.8 Å². The van der Waals surface area contributed by atoms with Crippen molar-refractivity contribution in [1.29, 1.82) is 0 Å². The van der Waals surface area contributed by atoms with E-state index in [0.717, 1.165) is 6.42 Å². The summed E-state index contributed by atoms with van der Waals surface area (Å²) in [4.78, 5) is 15.3. The quantitative estimate of drug-likeness (QED) is 0.896. The van der Waals surface area contributed by atoms with Gasteiger partial charge in [0.05, 0.1) is 11.8 Å². The molecule has 110 valence electrons. The van der Waals surface area contributed by atoms with Crippen molar-refractivity contribution >= 4 is 27.6 Å². The molecule has 0 radical (unpaired) electrons. The molecule has 2 rings (SSSR count). The lowest BCUT2D eigenvalue weighted by Crippen LogP contribution is -2.40. The molecule has 1 heterocycles. The summed E-state index contributed by atoms with van der Waals surface area (Å²) in [6.07, 6.45) is 0.350. The second-order valence-electron chi connectivity index (χ2n) is 5.17. The fraction of sp³-hybridized carbons (Fsp3) is 0.500. The Bertz CT molecular complexity index is 510. The van der Waals surface area contributed by atoms with E-state index >= 15 is 0 Å². The molecule has 6 heteroatoms. The third kappa shape index (κ3) is 3.12. The van der Waals surface area contributed by atoms with E-state index < -0.39 is 11.9 Å². The summed E-state index contributed by atoms with van der Waals surface area (Å²) in [5.74, 6) is -0.344. The molecule has 1 aromatic rings. The number of carbonyl (C=O) groups excluding carboxylic acids is 1. The molecule has 0 aromatic heterocycles. The van der Waals surface area contributed by atoms with Crippen LogP contribution in [0.4, 0.5) is 14.9 Å². The van der Waals surface area contributed by atoms with E-state index in [0.29, 0.717) is 17.6 Å². The standard InChI is InChI=1S/C14H18BrFN2O2/c1-9(19)10-5-6-18(8-10)14(20)17(2)13-4-3-11(15)7-12(13)16/h3-4,7,9-10,19H,5-6,8H2,1-2H3/t9-,10-/m0/s1. The number of benzene rings is 1. The largest absolute Gasteiger partial charge is 0.393 e. The Kier molecular flexibility index (Phi) is 4.65. The molecule has 2 amide bonds. The van der Waals surface area contributed by atoms with Crippen LogP contribution in [0.5, 0.6) is 0 Å². The highest BCUT2D eigenvalue weighted by Crippen LogP contribution is 2.25. The number of aliphatic hydroxyl groups excluding tert-OH is 1. The zero-order valence-corrected chi connectivity index (χ0v) is 13.1. The van der Waals surface area contributed by atoms with Crippen LogP contribution in [0.1, 0.15) is 13.3 Å². The van der Waals surface area contributed by atoms with Crippen LogP contribution in [0.25, 0.3) is 0 Å². The summed E-state index contributed by atoms with van der Waals surface area (Å²) in [6, 6.07) is 4.36. The zero-order chi connectivity index (χ0) is 14.9. The van der Waals surface area contributed by atoms with Crippen molar-refractivity contribution in [2.45, 2.75) is 19.4 Å². The maximum absolute atomic E-state index is 13.9. The lowest BCUT2D eigenvalue weighted by molar-refractivity contribution is 0.129. The van der Waals surface area contributed by atoms with Crippen LogP contribution in [0.15, 0.2) is 22.7 Å². The van der Waals surface area contributed by atoms with Gasteiger partial charge in [-0.1, -0.05) is 15.9 Å². The van der Waals surface area contributed by atoms with Crippen molar-refractivity contribution in [1.82, 2.24) is 4.90 Å². The van der Waals surface area contributed by atoms with E-state index in [1.54, 1.807) is 31.0 Å². The third-order valence-electron chi connectivity index (χ3n) is 3.74. The number of nitrogens with zero attached hydrogens (tertiary/aromatic N) is 2. The second kappa shape index (κ2) is 6.10. The van der Waals surface area contributed by atoms with Crippen molar-refractivity contribution in [2.24, 2.45) is 5.92 Å². The fourth-order valence-corrected chi connectivity index (χ4v) is 2.76. The summed E-state index contributed by atoms with van der Waals surface area (Å²) in [5.41, 5.74) is 0.249. The molecule has 2 atom stereocenters. The van der Waals surface area contributed by atoms with E-state index in [1.807, 2.05) is 0 Å². The van der Waals surface area contributed by atoms with Crippen LogP contribution in [0.3, 0.4) is 0 Å². The van der Waals surface area contributed by atoms with Gasteiger partial charge in [0.1, 0.15) is 5.82 Å². The van der Waals surface area contributed by atoms with Crippen LogP contribution < -0.4 is 4.90 Å². The minimum Gasteiger partial charge on any atom is -0.393 e. The predicted molar refractivity (Wildman–Crippen MR) is 79.3 cm³/mol. The number of rotatable bonds is 2. The zero-order valence-electron chi connectivity index (χ0n) is 11.5. The van der Waals surface area contributed by atoms with Gasteiger partial charge in [-0.15, -0.1) is 0 Å². The molecule has 4 nitrogen and oxygen atoms in total. The number of likely N-dealkylation sites (tertiary alicyclic amines) is 1. The number of hydrogen-bond acceptors (Lipinski definition) is 2. The number of aliphatic hydroxyl groups is 1. The van der Waals surface area contributed by atoms with Crippen LogP contribution in [0, 0.1) is 11.7 Å². The van der Waals surface area contributed by atoms with E-state index in [2.05, 4.69) is 15.9 Å². The van der Waals surface area contributed by atoms with Crippen LogP contribution in [-0.2, 0) is 0 Å². The Morgan fingerprint density at radius 3 is 2.85 bits per heavy atom. The number of urea groups is 1. The number of hydrogen-bond donors (Lipinski definition) is 1. The first kappa shape index (κ1) is 15.3. The molecule has 1 aliphatic rings. The molecule has 0 aliphatic carbocycles. The SMILES string of the molecule is C[C@H](O)[C@H]1CCN(C(=O)N(C)c2ccc(Br)cc2F)C1. The third-order valence-corrected chi connectivity index (χ3v) is 4.23. The van der Waals surface area contributed by atoms with Gasteiger partial charge in [0.15, 0.2) is 0 Å². The van der Waals surface area contributed by atoms with Gasteiger partial charge in [0.2, 0.25) is 0 Å². The lowest BCUT2D eigenvalue weighted by Gasteiger charge is -2.25. The Balaban J connectivity index is 2.09. The van der Waals surface area contributed by atoms with Gasteiger partial charge >= 0.3 is 6.03 Å². The summed E-state index contributed by atoms with van der Waals surface area (Å²) in [7, 11) is 1.56. The molecule has 1 saturated heterocycles. The molecule has 1 N–H and O–H groups in total. The maximum Gasteiger partial charge on any atom is 0.324 e. The average molecular weight is 345 g/mol. The van der Waals surface area contributed by atoms with Crippen molar-refractivity contribution < 1.29 is 14.3 Å². The van der Waals surface area contributed by atoms with Crippen LogP contribution in [-0.4, -0.2) is 42.3 Å². The minimum absolute atomic E-state index is 0.0992. The van der Waals surface area contributed by atoms with Gasteiger partial charge in [-0.25, -0.2) is 9.18 Å². The highest BCUT2D eigenvalue weighted by atomic mass is 79.9. The molecular weight excluding hydrogens is 327 g/mol. The molecular formula is C14H18BrFN2O2. The van der Waals surface area contributed by atoms with Gasteiger partial charge in [-0.3, -0.25) is 4.90 Å². The first-order valence-corrected chi connectivity index (χ1v) is 7.35. The van der Waals surface area contributed by atoms with Crippen LogP contribution >= 0.6 is 15.9 Å². The molecule has 0 spiro atoms. The lowest BCUT2D eigenvalue weighted by atomic mass is 10.0. The van der Waals surface area contributed by atoms with E-state index in [-0.39, 0.29) is 17.6 Å². The van der Waals surface area contributed by atoms with Crippen LogP contribution in [0.2, 0.25) is 0 Å². The average Bonchev–Trinajstić information content (AvgIpc) is 2.87. The molecule has 1 aromatic carbocycles. The predicted octanol–water partition coefficient (Wildman–Crippen LogP) is 2.85. The number of carbonyl (C=O) groups is 1. The Labute approximate surface area is 126 Å². The first-order valence-electron chi connectivity index (χ1n) is 6.56. The highest BCUT2D eigenvalue weighted by Gasteiger charge is 2.31. The molecule has 0 unspecified atom stereocenters. The fourth-order valence-electron chi connectivity index (χ4n) is 2.42. The summed E-state index contributed by atoms with van der Waals surface area (Å²) in [6.45, 7) is 2.84. The Morgan fingerprint density at radius 1 is 1.60 bits per heavy atom. The van der Waals surface area contributed by atoms with Gasteiger partial charge in [0, 0.05) is 30.5 Å². The normalized spacial score (nSPS) is 20.1. The van der Waals surface area contributed by atoms with Crippen molar-refractivity contribution in [3.8, 4) is 0 Å². The van der Waals surface area contributed by atoms with Gasteiger partial charge in [0.25, 0.3) is 0 Å². The van der Waals surface area contributed by atoms with E-state index in [9.17, 15) is 14.3 Å². The van der Waals surface area contributed by atoms with Gasteiger partial charge in [-0.2, -0.15) is 0 Å². The van der Waals surface area contributed by atoms with Crippen molar-refractivity contribution in [3.05, 3.63) is 28.5 Å². The summed E-state index contributed by atoms with van der Waals surface area (Å²) in [5, 5.41) is 9.57. The Morgan fingerprint density at radius 2 is 2.30 bits per heavy atom. The first-order chi connectivity index (χ1) is 9.40. The van der Waals surface area contributed by atoms with Gasteiger partial charge < -0.3 is 10.0 Å². The number of amides is 2. The molecule has 0 bridgehead atoms. The number of anilines is 1. The highest BCUT2D eigenvalue weighted by molar-refractivity contribution is 9.10.